The van der Waals surface area contributed by atoms with E-state index in [4.69, 9.17) is 9.47 Å². The first kappa shape index (κ1) is 22.1. The van der Waals surface area contributed by atoms with E-state index in [1.807, 2.05) is 48.5 Å². The highest BCUT2D eigenvalue weighted by Crippen LogP contribution is 2.27. The highest BCUT2D eigenvalue weighted by molar-refractivity contribution is 6.21. The molecule has 0 aromatic heterocycles. The molecule has 0 radical (unpaired) electrons. The van der Waals surface area contributed by atoms with Gasteiger partial charge in [0.2, 0.25) is 5.91 Å². The number of nitrogens with zero attached hydrogens (tertiary/aromatic N) is 1. The van der Waals surface area contributed by atoms with E-state index >= 15 is 0 Å². The first-order valence-corrected chi connectivity index (χ1v) is 10.5. The van der Waals surface area contributed by atoms with E-state index in [9.17, 15) is 14.4 Å². The van der Waals surface area contributed by atoms with Gasteiger partial charge in [0.15, 0.2) is 0 Å². The van der Waals surface area contributed by atoms with Crippen LogP contribution in [0.15, 0.2) is 72.8 Å². The van der Waals surface area contributed by atoms with Crippen LogP contribution in [0, 0.1) is 0 Å². The standard InChI is InChI=1S/C26H24N2O5/c1-32-19-11-7-17(8-12-19)24(18-9-13-20(33-2)14-10-18)27-23(29)15-16-28-25(30)21-5-3-4-6-22(21)26(28)31/h3-14,24H,15-16H2,1-2H3,(H,27,29). The van der Waals surface area contributed by atoms with E-state index in [-0.39, 0.29) is 30.7 Å². The lowest BCUT2D eigenvalue weighted by molar-refractivity contribution is -0.121. The van der Waals surface area contributed by atoms with Crippen molar-refractivity contribution in [3.63, 3.8) is 0 Å². The Morgan fingerprint density at radius 3 is 1.67 bits per heavy atom. The van der Waals surface area contributed by atoms with Crippen LogP contribution in [0.25, 0.3) is 0 Å². The molecule has 4 rings (SSSR count). The van der Waals surface area contributed by atoms with Gasteiger partial charge in [0.05, 0.1) is 31.4 Å². The topological polar surface area (TPSA) is 84.9 Å². The minimum Gasteiger partial charge on any atom is -0.497 e. The van der Waals surface area contributed by atoms with Gasteiger partial charge >= 0.3 is 0 Å². The van der Waals surface area contributed by atoms with Crippen LogP contribution in [0.3, 0.4) is 0 Å². The monoisotopic (exact) mass is 444 g/mol. The normalized spacial score (nSPS) is 12.6. The Morgan fingerprint density at radius 2 is 1.24 bits per heavy atom. The highest BCUT2D eigenvalue weighted by Gasteiger charge is 2.35. The van der Waals surface area contributed by atoms with Crippen molar-refractivity contribution in [3.05, 3.63) is 95.1 Å². The Morgan fingerprint density at radius 1 is 0.788 bits per heavy atom. The molecule has 3 aromatic rings. The van der Waals surface area contributed by atoms with Gasteiger partial charge in [-0.15, -0.1) is 0 Å². The summed E-state index contributed by atoms with van der Waals surface area (Å²) in [5.74, 6) is 0.409. The van der Waals surface area contributed by atoms with E-state index in [0.717, 1.165) is 16.0 Å². The van der Waals surface area contributed by atoms with Crippen LogP contribution in [-0.2, 0) is 4.79 Å². The molecular weight excluding hydrogens is 420 g/mol. The number of fused-ring (bicyclic) bond motifs is 1. The van der Waals surface area contributed by atoms with E-state index in [0.29, 0.717) is 22.6 Å². The van der Waals surface area contributed by atoms with E-state index < -0.39 is 6.04 Å². The average molecular weight is 444 g/mol. The fraction of sp³-hybridized carbons (Fsp3) is 0.192. The van der Waals surface area contributed by atoms with Gasteiger partial charge in [-0.2, -0.15) is 0 Å². The van der Waals surface area contributed by atoms with Gasteiger partial charge in [0.25, 0.3) is 11.8 Å². The summed E-state index contributed by atoms with van der Waals surface area (Å²) in [6.45, 7) is 0.0100. The van der Waals surface area contributed by atoms with Crippen molar-refractivity contribution in [1.82, 2.24) is 10.2 Å². The van der Waals surface area contributed by atoms with Gasteiger partial charge in [-0.05, 0) is 47.5 Å². The molecule has 1 aliphatic rings. The molecule has 1 N–H and O–H groups in total. The van der Waals surface area contributed by atoms with Gasteiger partial charge < -0.3 is 14.8 Å². The molecule has 0 fully saturated rings. The fourth-order valence-corrected chi connectivity index (χ4v) is 3.84. The number of hydrogen-bond acceptors (Lipinski definition) is 5. The first-order chi connectivity index (χ1) is 16.0. The number of imide groups is 1. The van der Waals surface area contributed by atoms with Crippen molar-refractivity contribution < 1.29 is 23.9 Å². The van der Waals surface area contributed by atoms with Crippen LogP contribution in [0.2, 0.25) is 0 Å². The second-order valence-corrected chi connectivity index (χ2v) is 7.60. The number of hydrogen-bond donors (Lipinski definition) is 1. The zero-order valence-corrected chi connectivity index (χ0v) is 18.4. The van der Waals surface area contributed by atoms with E-state index in [2.05, 4.69) is 5.32 Å². The highest BCUT2D eigenvalue weighted by atomic mass is 16.5. The number of benzene rings is 3. The minimum absolute atomic E-state index is 0.00568. The maximum Gasteiger partial charge on any atom is 0.261 e. The van der Waals surface area contributed by atoms with E-state index in [1.165, 1.54) is 0 Å². The Labute approximate surface area is 191 Å². The lowest BCUT2D eigenvalue weighted by atomic mass is 9.98. The molecule has 168 valence electrons. The third kappa shape index (κ3) is 4.57. The van der Waals surface area contributed by atoms with Gasteiger partial charge in [-0.1, -0.05) is 36.4 Å². The zero-order chi connectivity index (χ0) is 23.4. The molecular formula is C26H24N2O5. The van der Waals surface area contributed by atoms with Crippen molar-refractivity contribution in [2.45, 2.75) is 12.5 Å². The number of ether oxygens (including phenoxy) is 2. The Kier molecular flexibility index (Phi) is 6.40. The quantitative estimate of drug-likeness (QED) is 0.537. The fourth-order valence-electron chi connectivity index (χ4n) is 3.84. The van der Waals surface area contributed by atoms with Crippen molar-refractivity contribution in [2.24, 2.45) is 0 Å². The Hall–Kier alpha value is -4.13. The molecule has 1 heterocycles. The molecule has 7 heteroatoms. The molecule has 1 aliphatic heterocycles. The minimum atomic E-state index is -0.420. The largest absolute Gasteiger partial charge is 0.497 e. The maximum atomic E-state index is 12.9. The second kappa shape index (κ2) is 9.56. The van der Waals surface area contributed by atoms with Crippen molar-refractivity contribution in [2.75, 3.05) is 20.8 Å². The summed E-state index contributed by atoms with van der Waals surface area (Å²) >= 11 is 0. The molecule has 3 amide bonds. The number of amides is 3. The molecule has 0 bridgehead atoms. The molecule has 0 unspecified atom stereocenters. The number of carbonyl (C=O) groups is 3. The molecule has 0 atom stereocenters. The summed E-state index contributed by atoms with van der Waals surface area (Å²) in [6.07, 6.45) is -0.00568. The number of nitrogens with one attached hydrogen (secondary N) is 1. The summed E-state index contributed by atoms with van der Waals surface area (Å²) in [4.78, 5) is 39.1. The number of methoxy groups -OCH3 is 2. The Balaban J connectivity index is 1.49. The van der Waals surface area contributed by atoms with Crippen LogP contribution >= 0.6 is 0 Å². The third-order valence-corrected chi connectivity index (χ3v) is 5.64. The smallest absolute Gasteiger partial charge is 0.261 e. The predicted molar refractivity (Wildman–Crippen MR) is 122 cm³/mol. The van der Waals surface area contributed by atoms with Crippen LogP contribution < -0.4 is 14.8 Å². The van der Waals surface area contributed by atoms with Crippen molar-refractivity contribution in [3.8, 4) is 11.5 Å². The molecule has 0 aliphatic carbocycles. The number of carbonyl (C=O) groups excluding carboxylic acids is 3. The van der Waals surface area contributed by atoms with Crippen LogP contribution in [0.1, 0.15) is 44.3 Å². The summed E-state index contributed by atoms with van der Waals surface area (Å²) < 4.78 is 10.5. The molecule has 0 spiro atoms. The third-order valence-electron chi connectivity index (χ3n) is 5.64. The summed E-state index contributed by atoms with van der Waals surface area (Å²) in [5, 5.41) is 3.03. The van der Waals surface area contributed by atoms with Gasteiger partial charge in [-0.3, -0.25) is 19.3 Å². The van der Waals surface area contributed by atoms with Gasteiger partial charge in [0, 0.05) is 13.0 Å². The Bertz CT molecular complexity index is 1090. The van der Waals surface area contributed by atoms with Crippen molar-refractivity contribution >= 4 is 17.7 Å². The molecule has 3 aromatic carbocycles. The predicted octanol–water partition coefficient (Wildman–Crippen LogP) is 3.60. The first-order valence-electron chi connectivity index (χ1n) is 10.5. The van der Waals surface area contributed by atoms with Gasteiger partial charge in [-0.25, -0.2) is 0 Å². The summed E-state index contributed by atoms with van der Waals surface area (Å²) in [6, 6.07) is 21.1. The molecule has 33 heavy (non-hydrogen) atoms. The molecule has 0 saturated carbocycles. The zero-order valence-electron chi connectivity index (χ0n) is 18.4. The number of rotatable bonds is 8. The van der Waals surface area contributed by atoms with E-state index in [1.54, 1.807) is 38.5 Å². The van der Waals surface area contributed by atoms with Crippen LogP contribution in [0.4, 0.5) is 0 Å². The van der Waals surface area contributed by atoms with Gasteiger partial charge in [0.1, 0.15) is 11.5 Å². The van der Waals surface area contributed by atoms with Crippen molar-refractivity contribution in [1.29, 1.82) is 0 Å². The maximum absolute atomic E-state index is 12.9. The summed E-state index contributed by atoms with van der Waals surface area (Å²) in [7, 11) is 3.19. The van der Waals surface area contributed by atoms with Crippen LogP contribution in [0.5, 0.6) is 11.5 Å². The lowest BCUT2D eigenvalue weighted by Crippen LogP contribution is -2.36. The SMILES string of the molecule is COc1ccc(C(NC(=O)CCN2C(=O)c3ccccc3C2=O)c2ccc(OC)cc2)cc1. The van der Waals surface area contributed by atoms with Crippen LogP contribution in [-0.4, -0.2) is 43.4 Å². The summed E-state index contributed by atoms with van der Waals surface area (Å²) in [5.41, 5.74) is 2.49. The second-order valence-electron chi connectivity index (χ2n) is 7.60. The molecule has 7 nitrogen and oxygen atoms in total. The average Bonchev–Trinajstić information content (AvgIpc) is 3.11. The lowest BCUT2D eigenvalue weighted by Gasteiger charge is -2.21. The molecule has 0 saturated heterocycles.